The van der Waals surface area contributed by atoms with Crippen molar-refractivity contribution in [2.75, 3.05) is 0 Å². The van der Waals surface area contributed by atoms with Crippen LogP contribution in [0, 0.1) is 52.3 Å². The molecule has 0 heterocycles. The first-order valence-corrected chi connectivity index (χ1v) is 11.5. The van der Waals surface area contributed by atoms with Crippen LogP contribution in [0.4, 0.5) is 22.0 Å². The molecule has 0 radical (unpaired) electrons. The number of phenolic OH excluding ortho intramolecular Hbond substituents is 1. The zero-order valence-electron chi connectivity index (χ0n) is 18.2. The molecule has 0 spiro atoms. The van der Waals surface area contributed by atoms with Crippen molar-refractivity contribution in [3.63, 3.8) is 0 Å². The zero-order valence-corrected chi connectivity index (χ0v) is 18.2. The third-order valence-electron chi connectivity index (χ3n) is 8.62. The van der Waals surface area contributed by atoms with Crippen LogP contribution in [0.1, 0.15) is 61.6 Å². The summed E-state index contributed by atoms with van der Waals surface area (Å²) in [5.74, 6) is -8.98. The highest BCUT2D eigenvalue weighted by atomic mass is 19.2. The third kappa shape index (κ3) is 3.29. The van der Waals surface area contributed by atoms with Crippen LogP contribution in [-0.4, -0.2) is 10.9 Å². The second-order valence-corrected chi connectivity index (χ2v) is 10.1. The van der Waals surface area contributed by atoms with E-state index in [1.54, 1.807) is 12.1 Å². The smallest absolute Gasteiger partial charge is 0.200 e. The average molecular weight is 464 g/mol. The van der Waals surface area contributed by atoms with Gasteiger partial charge in [0.2, 0.25) is 5.82 Å². The lowest BCUT2D eigenvalue weighted by atomic mass is 9.54. The highest BCUT2D eigenvalue weighted by Crippen LogP contribution is 2.62. The fourth-order valence-corrected chi connectivity index (χ4v) is 7.09. The minimum absolute atomic E-state index is 0.00744. The minimum Gasteiger partial charge on any atom is -0.508 e. The molecule has 0 bridgehead atoms. The quantitative estimate of drug-likeness (QED) is 0.326. The Balaban J connectivity index is 1.45. The first kappa shape index (κ1) is 22.4. The molecule has 3 aliphatic rings. The molecule has 2 saturated carbocycles. The molecule has 1 N–H and O–H groups in total. The first-order valence-electron chi connectivity index (χ1n) is 11.5. The van der Waals surface area contributed by atoms with E-state index in [2.05, 4.69) is 0 Å². The van der Waals surface area contributed by atoms with Gasteiger partial charge in [-0.05, 0) is 85.5 Å². The van der Waals surface area contributed by atoms with Crippen molar-refractivity contribution in [2.45, 2.75) is 57.8 Å². The number of hydrogen-bond acceptors (Lipinski definition) is 2. The predicted molar refractivity (Wildman–Crippen MR) is 111 cm³/mol. The van der Waals surface area contributed by atoms with Gasteiger partial charge in [-0.25, -0.2) is 22.0 Å². The molecule has 33 heavy (non-hydrogen) atoms. The van der Waals surface area contributed by atoms with Crippen molar-refractivity contribution in [1.82, 2.24) is 0 Å². The monoisotopic (exact) mass is 464 g/mol. The second kappa shape index (κ2) is 7.81. The Kier molecular flexibility index (Phi) is 5.29. The van der Waals surface area contributed by atoms with Gasteiger partial charge in [-0.2, -0.15) is 0 Å². The first-order chi connectivity index (χ1) is 15.6. The fraction of sp³-hybridized carbons (Fsp3) is 0.500. The van der Waals surface area contributed by atoms with Crippen LogP contribution in [0.5, 0.6) is 5.75 Å². The minimum atomic E-state index is -2.15. The van der Waals surface area contributed by atoms with Crippen LogP contribution in [0.2, 0.25) is 0 Å². The molecule has 7 heteroatoms. The van der Waals surface area contributed by atoms with E-state index in [0.29, 0.717) is 6.42 Å². The van der Waals surface area contributed by atoms with Crippen molar-refractivity contribution < 1.29 is 31.9 Å². The summed E-state index contributed by atoms with van der Waals surface area (Å²) in [5, 5.41) is 9.85. The van der Waals surface area contributed by atoms with Crippen LogP contribution >= 0.6 is 0 Å². The van der Waals surface area contributed by atoms with Gasteiger partial charge in [0.25, 0.3) is 0 Å². The van der Waals surface area contributed by atoms with Crippen molar-refractivity contribution in [2.24, 2.45) is 23.2 Å². The lowest BCUT2D eigenvalue weighted by Crippen LogP contribution is -2.44. The van der Waals surface area contributed by atoms with Gasteiger partial charge in [0.05, 0.1) is 0 Å². The molecule has 0 amide bonds. The van der Waals surface area contributed by atoms with Crippen LogP contribution in [0.15, 0.2) is 18.2 Å². The summed E-state index contributed by atoms with van der Waals surface area (Å²) in [7, 11) is 0. The van der Waals surface area contributed by atoms with Crippen LogP contribution < -0.4 is 0 Å². The van der Waals surface area contributed by atoms with Crippen molar-refractivity contribution in [1.29, 1.82) is 0 Å². The fourth-order valence-electron chi connectivity index (χ4n) is 7.09. The molecule has 2 fully saturated rings. The van der Waals surface area contributed by atoms with Gasteiger partial charge < -0.3 is 5.11 Å². The molecule has 3 aliphatic carbocycles. The summed E-state index contributed by atoms with van der Waals surface area (Å²) < 4.78 is 69.2. The Morgan fingerprint density at radius 2 is 1.67 bits per heavy atom. The van der Waals surface area contributed by atoms with Gasteiger partial charge in [0.1, 0.15) is 11.5 Å². The summed E-state index contributed by atoms with van der Waals surface area (Å²) in [4.78, 5) is 13.1. The van der Waals surface area contributed by atoms with Gasteiger partial charge >= 0.3 is 0 Å². The SMILES string of the molecule is CC12CCC3c4ccc(O)cc4CCC3C1C(CCc1c(F)c(F)c(F)c(F)c1F)CC2=O. The van der Waals surface area contributed by atoms with Gasteiger partial charge in [0.15, 0.2) is 23.3 Å². The molecular weight excluding hydrogens is 439 g/mol. The van der Waals surface area contributed by atoms with E-state index in [-0.39, 0.29) is 54.5 Å². The maximum atomic E-state index is 14.2. The molecule has 2 aromatic rings. The second-order valence-electron chi connectivity index (χ2n) is 10.1. The van der Waals surface area contributed by atoms with Gasteiger partial charge in [-0.15, -0.1) is 0 Å². The normalized spacial score (nSPS) is 30.7. The molecule has 2 aromatic carbocycles. The Labute approximate surface area is 188 Å². The summed E-state index contributed by atoms with van der Waals surface area (Å²) in [6.45, 7) is 1.97. The number of aromatic hydroxyl groups is 1. The molecule has 176 valence electrons. The third-order valence-corrected chi connectivity index (χ3v) is 8.62. The number of aryl methyl sites for hydroxylation is 1. The maximum Gasteiger partial charge on any atom is 0.200 e. The number of Topliss-reactive ketones (excluding diaryl/α,β-unsaturated/α-hetero) is 1. The molecule has 0 saturated heterocycles. The Morgan fingerprint density at radius 3 is 2.36 bits per heavy atom. The summed E-state index contributed by atoms with van der Waals surface area (Å²) in [6.07, 6.45) is 3.32. The summed E-state index contributed by atoms with van der Waals surface area (Å²) >= 11 is 0. The van der Waals surface area contributed by atoms with Crippen molar-refractivity contribution in [3.8, 4) is 5.75 Å². The van der Waals surface area contributed by atoms with Crippen LogP contribution in [-0.2, 0) is 17.6 Å². The van der Waals surface area contributed by atoms with E-state index < -0.39 is 40.1 Å². The Morgan fingerprint density at radius 1 is 1.00 bits per heavy atom. The number of rotatable bonds is 3. The molecular formula is C26H25F5O2. The van der Waals surface area contributed by atoms with E-state index in [4.69, 9.17) is 0 Å². The molecule has 0 aromatic heterocycles. The Bertz CT molecular complexity index is 1120. The van der Waals surface area contributed by atoms with Crippen LogP contribution in [0.25, 0.3) is 0 Å². The number of phenols is 1. The summed E-state index contributed by atoms with van der Waals surface area (Å²) in [6, 6.07) is 5.42. The number of carbonyl (C=O) groups is 1. The highest BCUT2D eigenvalue weighted by Gasteiger charge is 2.58. The number of carbonyl (C=O) groups excluding carboxylic acids is 1. The number of fused-ring (bicyclic) bond motifs is 5. The molecule has 5 atom stereocenters. The molecule has 2 nitrogen and oxygen atoms in total. The standard InChI is InChI=1S/C26H25F5O2/c1-26-9-8-16-15-7-4-14(32)10-12(15)2-5-17(16)20(26)13(11-19(26)33)3-6-18-21(27)23(29)25(31)24(30)22(18)28/h4,7,10,13,16-17,20,32H,2-3,5-6,8-9,11H2,1H3. The number of halogens is 5. The van der Waals surface area contributed by atoms with E-state index in [1.165, 1.54) is 5.56 Å². The van der Waals surface area contributed by atoms with Crippen molar-refractivity contribution >= 4 is 5.78 Å². The van der Waals surface area contributed by atoms with Gasteiger partial charge in [0, 0.05) is 17.4 Å². The largest absolute Gasteiger partial charge is 0.508 e. The van der Waals surface area contributed by atoms with E-state index in [1.807, 2.05) is 13.0 Å². The number of hydrogen-bond donors (Lipinski definition) is 1. The topological polar surface area (TPSA) is 37.3 Å². The Hall–Kier alpha value is -2.44. The summed E-state index contributed by atoms with van der Waals surface area (Å²) in [5.41, 5.74) is 0.965. The lowest BCUT2D eigenvalue weighted by Gasteiger charge is -2.50. The van der Waals surface area contributed by atoms with E-state index in [0.717, 1.165) is 24.8 Å². The number of ketones is 1. The molecule has 5 unspecified atom stereocenters. The van der Waals surface area contributed by atoms with E-state index in [9.17, 15) is 31.9 Å². The maximum absolute atomic E-state index is 14.2. The average Bonchev–Trinajstić information content (AvgIpc) is 3.06. The predicted octanol–water partition coefficient (Wildman–Crippen LogP) is 6.37. The van der Waals surface area contributed by atoms with Crippen molar-refractivity contribution in [3.05, 3.63) is 64.0 Å². The van der Waals surface area contributed by atoms with E-state index >= 15 is 0 Å². The molecule has 5 rings (SSSR count). The molecule has 0 aliphatic heterocycles. The van der Waals surface area contributed by atoms with Gasteiger partial charge in [-0.1, -0.05) is 13.0 Å². The highest BCUT2D eigenvalue weighted by molar-refractivity contribution is 5.87. The number of benzene rings is 2. The van der Waals surface area contributed by atoms with Gasteiger partial charge in [-0.3, -0.25) is 4.79 Å². The van der Waals surface area contributed by atoms with Crippen LogP contribution in [0.3, 0.4) is 0 Å². The lowest BCUT2D eigenvalue weighted by molar-refractivity contribution is -0.129. The zero-order chi connectivity index (χ0) is 23.7.